The van der Waals surface area contributed by atoms with Gasteiger partial charge in [-0.1, -0.05) is 25.0 Å². The maximum atomic E-state index is 2.37. The highest BCUT2D eigenvalue weighted by Gasteiger charge is 2.24. The summed E-state index contributed by atoms with van der Waals surface area (Å²) in [4.78, 5) is 0. The lowest BCUT2D eigenvalue weighted by molar-refractivity contribution is 0.433. The molecule has 1 aliphatic rings. The fraction of sp³-hybridized carbons (Fsp3) is 0.800. The third-order valence-electron chi connectivity index (χ3n) is 2.98. The van der Waals surface area contributed by atoms with Gasteiger partial charge in [0.25, 0.3) is 0 Å². The third-order valence-corrected chi connectivity index (χ3v) is 2.98. The average molecular weight is 138 g/mol. The molecule has 0 N–H and O–H groups in total. The van der Waals surface area contributed by atoms with Gasteiger partial charge in [-0.05, 0) is 38.5 Å². The van der Waals surface area contributed by atoms with Gasteiger partial charge in [-0.3, -0.25) is 0 Å². The molecule has 0 radical (unpaired) electrons. The Morgan fingerprint density at radius 2 is 2.00 bits per heavy atom. The van der Waals surface area contributed by atoms with Crippen LogP contribution in [0.15, 0.2) is 11.1 Å². The molecule has 0 nitrogen and oxygen atoms in total. The Bertz CT molecular complexity index is 153. The molecular formula is C10H18. The predicted octanol–water partition coefficient (Wildman–Crippen LogP) is 3.39. The van der Waals surface area contributed by atoms with Crippen LogP contribution in [0, 0.1) is 11.8 Å². The lowest BCUT2D eigenvalue weighted by Gasteiger charge is -2.14. The van der Waals surface area contributed by atoms with Gasteiger partial charge < -0.3 is 0 Å². The molecule has 0 heterocycles. The third kappa shape index (κ3) is 1.12. The van der Waals surface area contributed by atoms with Gasteiger partial charge in [-0.25, -0.2) is 0 Å². The van der Waals surface area contributed by atoms with E-state index in [1.807, 2.05) is 0 Å². The summed E-state index contributed by atoms with van der Waals surface area (Å²) in [7, 11) is 0. The van der Waals surface area contributed by atoms with Crippen LogP contribution in [-0.2, 0) is 0 Å². The quantitative estimate of drug-likeness (QED) is 0.487. The lowest BCUT2D eigenvalue weighted by Crippen LogP contribution is -2.04. The largest absolute Gasteiger partial charge is 0.0738 e. The van der Waals surface area contributed by atoms with Gasteiger partial charge in [0.2, 0.25) is 0 Å². The van der Waals surface area contributed by atoms with Crippen molar-refractivity contribution in [2.24, 2.45) is 11.8 Å². The monoisotopic (exact) mass is 138 g/mol. The van der Waals surface area contributed by atoms with Gasteiger partial charge in [0.15, 0.2) is 0 Å². The van der Waals surface area contributed by atoms with E-state index in [9.17, 15) is 0 Å². The Morgan fingerprint density at radius 1 is 1.40 bits per heavy atom. The maximum absolute atomic E-state index is 2.37. The Balaban J connectivity index is 2.72. The van der Waals surface area contributed by atoms with Gasteiger partial charge in [0.05, 0.1) is 0 Å². The second-order valence-electron chi connectivity index (χ2n) is 3.66. The molecule has 10 heavy (non-hydrogen) atoms. The summed E-state index contributed by atoms with van der Waals surface area (Å²) < 4.78 is 0. The zero-order valence-electron chi connectivity index (χ0n) is 7.57. The van der Waals surface area contributed by atoms with E-state index in [0.29, 0.717) is 0 Å². The molecule has 0 aromatic carbocycles. The van der Waals surface area contributed by atoms with Crippen LogP contribution >= 0.6 is 0 Å². The molecule has 0 heteroatoms. The van der Waals surface area contributed by atoms with Crippen molar-refractivity contribution in [1.29, 1.82) is 0 Å². The van der Waals surface area contributed by atoms with E-state index in [1.165, 1.54) is 12.8 Å². The standard InChI is InChI=1S/C10H18/c1-5-10-8(3)6-7(2)9(10)4/h8,10H,5-6H2,1-4H3/t8-,10?/m0/s1. The number of allylic oxidation sites excluding steroid dienone is 2. The van der Waals surface area contributed by atoms with Crippen LogP contribution in [0.5, 0.6) is 0 Å². The van der Waals surface area contributed by atoms with Crippen molar-refractivity contribution in [1.82, 2.24) is 0 Å². The zero-order chi connectivity index (χ0) is 7.72. The molecule has 0 aromatic heterocycles. The molecule has 0 amide bonds. The van der Waals surface area contributed by atoms with E-state index in [0.717, 1.165) is 11.8 Å². The number of hydrogen-bond acceptors (Lipinski definition) is 0. The minimum Gasteiger partial charge on any atom is -0.0738 e. The Labute approximate surface area is 64.3 Å². The average Bonchev–Trinajstić information content (AvgIpc) is 2.09. The Morgan fingerprint density at radius 3 is 2.20 bits per heavy atom. The first kappa shape index (κ1) is 7.84. The summed E-state index contributed by atoms with van der Waals surface area (Å²) in [5, 5.41) is 0. The molecule has 0 bridgehead atoms. The molecule has 1 aliphatic carbocycles. The van der Waals surface area contributed by atoms with Crippen molar-refractivity contribution < 1.29 is 0 Å². The van der Waals surface area contributed by atoms with Crippen molar-refractivity contribution in [2.75, 3.05) is 0 Å². The minimum absolute atomic E-state index is 0.889. The first-order valence-corrected chi connectivity index (χ1v) is 4.33. The van der Waals surface area contributed by atoms with E-state index in [1.54, 1.807) is 11.1 Å². The predicted molar refractivity (Wildman–Crippen MR) is 45.9 cm³/mol. The van der Waals surface area contributed by atoms with Crippen molar-refractivity contribution >= 4 is 0 Å². The molecular weight excluding hydrogens is 120 g/mol. The highest BCUT2D eigenvalue weighted by molar-refractivity contribution is 5.20. The summed E-state index contributed by atoms with van der Waals surface area (Å²) >= 11 is 0. The van der Waals surface area contributed by atoms with Crippen LogP contribution in [-0.4, -0.2) is 0 Å². The van der Waals surface area contributed by atoms with Crippen molar-refractivity contribution in [2.45, 2.75) is 40.5 Å². The smallest absolute Gasteiger partial charge is 0.0177 e. The molecule has 58 valence electrons. The van der Waals surface area contributed by atoms with Gasteiger partial charge in [0.1, 0.15) is 0 Å². The lowest BCUT2D eigenvalue weighted by atomic mass is 9.91. The number of hydrogen-bond donors (Lipinski definition) is 0. The van der Waals surface area contributed by atoms with Crippen LogP contribution in [0.2, 0.25) is 0 Å². The van der Waals surface area contributed by atoms with Crippen molar-refractivity contribution in [3.8, 4) is 0 Å². The molecule has 1 unspecified atom stereocenters. The van der Waals surface area contributed by atoms with Crippen LogP contribution in [0.25, 0.3) is 0 Å². The summed E-state index contributed by atoms with van der Waals surface area (Å²) in [5.74, 6) is 1.80. The van der Waals surface area contributed by atoms with E-state index in [2.05, 4.69) is 27.7 Å². The molecule has 1 rings (SSSR count). The van der Waals surface area contributed by atoms with Gasteiger partial charge in [-0.15, -0.1) is 0 Å². The van der Waals surface area contributed by atoms with Crippen LogP contribution in [0.4, 0.5) is 0 Å². The first-order chi connectivity index (χ1) is 4.66. The maximum Gasteiger partial charge on any atom is -0.0177 e. The summed E-state index contributed by atoms with van der Waals surface area (Å²) in [6.07, 6.45) is 2.66. The first-order valence-electron chi connectivity index (χ1n) is 4.33. The van der Waals surface area contributed by atoms with Gasteiger partial charge in [-0.2, -0.15) is 0 Å². The fourth-order valence-electron chi connectivity index (χ4n) is 2.24. The summed E-state index contributed by atoms with van der Waals surface area (Å²) in [6, 6.07) is 0. The zero-order valence-corrected chi connectivity index (χ0v) is 7.57. The second kappa shape index (κ2) is 2.77. The summed E-state index contributed by atoms with van der Waals surface area (Å²) in [5.41, 5.74) is 3.30. The molecule has 0 aliphatic heterocycles. The molecule has 0 spiro atoms. The number of rotatable bonds is 1. The van der Waals surface area contributed by atoms with Crippen molar-refractivity contribution in [3.05, 3.63) is 11.1 Å². The molecule has 0 aromatic rings. The topological polar surface area (TPSA) is 0 Å². The van der Waals surface area contributed by atoms with E-state index in [-0.39, 0.29) is 0 Å². The van der Waals surface area contributed by atoms with Crippen LogP contribution in [0.3, 0.4) is 0 Å². The van der Waals surface area contributed by atoms with E-state index < -0.39 is 0 Å². The Kier molecular flexibility index (Phi) is 2.18. The van der Waals surface area contributed by atoms with Gasteiger partial charge >= 0.3 is 0 Å². The van der Waals surface area contributed by atoms with Crippen LogP contribution in [0.1, 0.15) is 40.5 Å². The van der Waals surface area contributed by atoms with Crippen LogP contribution < -0.4 is 0 Å². The second-order valence-corrected chi connectivity index (χ2v) is 3.66. The van der Waals surface area contributed by atoms with Gasteiger partial charge in [0, 0.05) is 0 Å². The highest BCUT2D eigenvalue weighted by atomic mass is 14.3. The molecule has 0 fully saturated rings. The SMILES string of the molecule is CCC1C(C)=C(C)C[C@@H]1C. The fourth-order valence-corrected chi connectivity index (χ4v) is 2.24. The Hall–Kier alpha value is -0.260. The normalized spacial score (nSPS) is 33.6. The molecule has 0 saturated heterocycles. The molecule has 0 saturated carbocycles. The summed E-state index contributed by atoms with van der Waals surface area (Å²) in [6.45, 7) is 9.24. The van der Waals surface area contributed by atoms with Crippen molar-refractivity contribution in [3.63, 3.8) is 0 Å². The minimum atomic E-state index is 0.889. The highest BCUT2D eigenvalue weighted by Crippen LogP contribution is 2.37. The van der Waals surface area contributed by atoms with E-state index >= 15 is 0 Å². The molecule has 2 atom stereocenters. The van der Waals surface area contributed by atoms with E-state index in [4.69, 9.17) is 0 Å².